The van der Waals surface area contributed by atoms with Gasteiger partial charge in [0.15, 0.2) is 5.78 Å². The molecule has 7 heteroatoms. The topological polar surface area (TPSA) is 67.3 Å². The largest absolute Gasteiger partial charge is 0.293 e. The smallest absolute Gasteiger partial charge is 0.244 e. The summed E-state index contributed by atoms with van der Waals surface area (Å²) < 4.78 is 26.4. The monoisotopic (exact) mass is 336 g/mol. The van der Waals surface area contributed by atoms with Crippen LogP contribution in [0, 0.1) is 5.92 Å². The lowest BCUT2D eigenvalue weighted by Crippen LogP contribution is -2.40. The van der Waals surface area contributed by atoms with Gasteiger partial charge in [-0.3, -0.25) is 9.78 Å². The molecule has 22 heavy (non-hydrogen) atoms. The summed E-state index contributed by atoms with van der Waals surface area (Å²) in [5.74, 6) is 0.0485. The van der Waals surface area contributed by atoms with Crippen LogP contribution in [0.3, 0.4) is 0 Å². The summed E-state index contributed by atoms with van der Waals surface area (Å²) >= 11 is 1.44. The van der Waals surface area contributed by atoms with E-state index in [0.717, 1.165) is 4.88 Å². The van der Waals surface area contributed by atoms with Crippen molar-refractivity contribution in [3.05, 3.63) is 46.9 Å². The summed E-state index contributed by atoms with van der Waals surface area (Å²) in [6, 6.07) is 6.84. The molecule has 1 aliphatic rings. The van der Waals surface area contributed by atoms with Gasteiger partial charge in [-0.1, -0.05) is 6.07 Å². The van der Waals surface area contributed by atoms with Crippen LogP contribution < -0.4 is 0 Å². The number of hydrogen-bond donors (Lipinski definition) is 0. The molecular formula is C15H16N2O3S2. The van der Waals surface area contributed by atoms with Crippen LogP contribution in [0.4, 0.5) is 0 Å². The Balaban J connectivity index is 1.68. The minimum atomic E-state index is -3.50. The van der Waals surface area contributed by atoms with Crippen LogP contribution in [0.15, 0.2) is 46.9 Å². The van der Waals surface area contributed by atoms with E-state index >= 15 is 0 Å². The summed E-state index contributed by atoms with van der Waals surface area (Å²) in [6.07, 6.45) is 4.04. The molecule has 2 aromatic heterocycles. The number of rotatable bonds is 4. The van der Waals surface area contributed by atoms with Crippen LogP contribution in [0.2, 0.25) is 0 Å². The van der Waals surface area contributed by atoms with Crippen LogP contribution in [0.25, 0.3) is 0 Å². The number of hydrogen-bond acceptors (Lipinski definition) is 5. The number of pyridine rings is 1. The highest BCUT2D eigenvalue weighted by Crippen LogP contribution is 2.27. The number of ketones is 1. The number of nitrogens with zero attached hydrogens (tertiary/aromatic N) is 2. The Morgan fingerprint density at radius 2 is 2.00 bits per heavy atom. The fourth-order valence-corrected chi connectivity index (χ4v) is 4.81. The number of sulfonamides is 1. The van der Waals surface area contributed by atoms with Crippen molar-refractivity contribution in [3.63, 3.8) is 0 Å². The van der Waals surface area contributed by atoms with Crippen molar-refractivity contribution < 1.29 is 13.2 Å². The number of Topliss-reactive ketones (excluding diaryl/α,β-unsaturated/α-hetero) is 1. The molecule has 0 aliphatic carbocycles. The lowest BCUT2D eigenvalue weighted by Gasteiger charge is -2.30. The third-order valence-corrected chi connectivity index (χ3v) is 6.63. The molecule has 2 aromatic rings. The van der Waals surface area contributed by atoms with E-state index in [1.807, 2.05) is 17.5 Å². The molecule has 0 N–H and O–H groups in total. The van der Waals surface area contributed by atoms with Gasteiger partial charge >= 0.3 is 0 Å². The molecule has 0 atom stereocenters. The Morgan fingerprint density at radius 1 is 1.23 bits per heavy atom. The first-order chi connectivity index (χ1) is 10.6. The predicted octanol–water partition coefficient (Wildman–Crippen LogP) is 2.43. The first-order valence-electron chi connectivity index (χ1n) is 7.07. The third-order valence-electron chi connectivity index (χ3n) is 3.86. The van der Waals surface area contributed by atoms with Gasteiger partial charge in [-0.25, -0.2) is 8.42 Å². The van der Waals surface area contributed by atoms with Gasteiger partial charge in [-0.05, 0) is 36.4 Å². The second-order valence-corrected chi connectivity index (χ2v) is 8.09. The highest BCUT2D eigenvalue weighted by Gasteiger charge is 2.32. The standard InChI is InChI=1S/C15H16N2O3S2/c18-15(14-4-2-10-21-14)12-5-8-17(9-6-12)22(19,20)13-3-1-7-16-11-13/h1-4,7,10-12H,5-6,8-9H2. The SMILES string of the molecule is O=C(c1cccs1)C1CCN(S(=O)(=O)c2cccnc2)CC1. The molecule has 3 heterocycles. The van der Waals surface area contributed by atoms with Crippen LogP contribution in [-0.4, -0.2) is 36.6 Å². The quantitative estimate of drug-likeness (QED) is 0.804. The van der Waals surface area contributed by atoms with Crippen molar-refractivity contribution >= 4 is 27.1 Å². The second kappa shape index (κ2) is 6.28. The molecule has 0 bridgehead atoms. The van der Waals surface area contributed by atoms with Crippen molar-refractivity contribution in [3.8, 4) is 0 Å². The van der Waals surface area contributed by atoms with Gasteiger partial charge in [0.05, 0.1) is 4.88 Å². The Kier molecular flexibility index (Phi) is 4.37. The molecule has 116 valence electrons. The maximum Gasteiger partial charge on any atom is 0.244 e. The maximum absolute atomic E-state index is 12.5. The van der Waals surface area contributed by atoms with Gasteiger partial charge < -0.3 is 0 Å². The normalized spacial score (nSPS) is 17.5. The summed E-state index contributed by atoms with van der Waals surface area (Å²) in [4.78, 5) is 17.1. The van der Waals surface area contributed by atoms with Crippen molar-refractivity contribution in [2.24, 2.45) is 5.92 Å². The number of carbonyl (C=O) groups excluding carboxylic acids is 1. The van der Waals surface area contributed by atoms with Crippen molar-refractivity contribution in [1.82, 2.24) is 9.29 Å². The lowest BCUT2D eigenvalue weighted by molar-refractivity contribution is 0.0879. The Bertz CT molecular complexity index is 734. The minimum Gasteiger partial charge on any atom is -0.293 e. The first kappa shape index (κ1) is 15.3. The zero-order valence-electron chi connectivity index (χ0n) is 11.9. The number of carbonyl (C=O) groups is 1. The maximum atomic E-state index is 12.5. The van der Waals surface area contributed by atoms with Crippen LogP contribution in [0.1, 0.15) is 22.5 Å². The molecule has 0 radical (unpaired) electrons. The Labute approximate surface area is 133 Å². The molecule has 0 amide bonds. The Hall–Kier alpha value is -1.57. The van der Waals surface area contributed by atoms with E-state index in [1.165, 1.54) is 21.8 Å². The highest BCUT2D eigenvalue weighted by molar-refractivity contribution is 7.89. The van der Waals surface area contributed by atoms with Crippen molar-refractivity contribution in [1.29, 1.82) is 0 Å². The predicted molar refractivity (Wildman–Crippen MR) is 84.4 cm³/mol. The first-order valence-corrected chi connectivity index (χ1v) is 9.39. The summed E-state index contributed by atoms with van der Waals surface area (Å²) in [6.45, 7) is 0.748. The fraction of sp³-hybridized carbons (Fsp3) is 0.333. The lowest BCUT2D eigenvalue weighted by atomic mass is 9.93. The van der Waals surface area contributed by atoms with E-state index in [-0.39, 0.29) is 16.6 Å². The van der Waals surface area contributed by atoms with Crippen molar-refractivity contribution in [2.75, 3.05) is 13.1 Å². The zero-order chi connectivity index (χ0) is 15.6. The van der Waals surface area contributed by atoms with Crippen LogP contribution in [-0.2, 0) is 10.0 Å². The van der Waals surface area contributed by atoms with Gasteiger partial charge in [0.1, 0.15) is 4.90 Å². The molecule has 0 aromatic carbocycles. The summed E-state index contributed by atoms with van der Waals surface area (Å²) in [7, 11) is -3.50. The minimum absolute atomic E-state index is 0.0843. The Morgan fingerprint density at radius 3 is 2.59 bits per heavy atom. The summed E-state index contributed by atoms with van der Waals surface area (Å²) in [5.41, 5.74) is 0. The zero-order valence-corrected chi connectivity index (χ0v) is 13.5. The molecule has 0 spiro atoms. The second-order valence-electron chi connectivity index (χ2n) is 5.21. The van der Waals surface area contributed by atoms with E-state index < -0.39 is 10.0 Å². The average molecular weight is 336 g/mol. The van der Waals surface area contributed by atoms with Gasteiger partial charge in [0, 0.05) is 31.4 Å². The molecule has 3 rings (SSSR count). The molecule has 0 saturated carbocycles. The molecule has 1 fully saturated rings. The van der Waals surface area contributed by atoms with Gasteiger partial charge in [0.2, 0.25) is 10.0 Å². The number of aromatic nitrogens is 1. The van der Waals surface area contributed by atoms with E-state index in [1.54, 1.807) is 18.3 Å². The molecule has 1 aliphatic heterocycles. The molecule has 1 saturated heterocycles. The molecule has 0 unspecified atom stereocenters. The number of thiophene rings is 1. The van der Waals surface area contributed by atoms with E-state index in [2.05, 4.69) is 4.98 Å². The van der Waals surface area contributed by atoms with Gasteiger partial charge in [0.25, 0.3) is 0 Å². The van der Waals surface area contributed by atoms with Gasteiger partial charge in [-0.15, -0.1) is 11.3 Å². The van der Waals surface area contributed by atoms with E-state index in [9.17, 15) is 13.2 Å². The third kappa shape index (κ3) is 2.97. The van der Waals surface area contributed by atoms with Crippen LogP contribution in [0.5, 0.6) is 0 Å². The molecular weight excluding hydrogens is 320 g/mol. The molecule has 5 nitrogen and oxygen atoms in total. The number of piperidine rings is 1. The summed E-state index contributed by atoms with van der Waals surface area (Å²) in [5, 5.41) is 1.88. The van der Waals surface area contributed by atoms with Crippen molar-refractivity contribution in [2.45, 2.75) is 17.7 Å². The fourth-order valence-electron chi connectivity index (χ4n) is 2.63. The highest BCUT2D eigenvalue weighted by atomic mass is 32.2. The van der Waals surface area contributed by atoms with E-state index in [4.69, 9.17) is 0 Å². The van der Waals surface area contributed by atoms with Gasteiger partial charge in [-0.2, -0.15) is 4.31 Å². The van der Waals surface area contributed by atoms with Crippen LogP contribution >= 0.6 is 11.3 Å². The van der Waals surface area contributed by atoms with E-state index in [0.29, 0.717) is 25.9 Å². The average Bonchev–Trinajstić information content (AvgIpc) is 3.09.